The number of hydrogen-bond acceptors (Lipinski definition) is 5. The van der Waals surface area contributed by atoms with Crippen LogP contribution in [0.2, 0.25) is 0 Å². The first-order valence-corrected chi connectivity index (χ1v) is 10.9. The Kier molecular flexibility index (Phi) is 5.10. The Balaban J connectivity index is 1.40. The molecule has 2 amide bonds. The monoisotopic (exact) mass is 417 g/mol. The van der Waals surface area contributed by atoms with Gasteiger partial charge in [0.25, 0.3) is 0 Å². The zero-order valence-electron chi connectivity index (χ0n) is 17.9. The van der Waals surface area contributed by atoms with Crippen molar-refractivity contribution in [2.75, 3.05) is 20.7 Å². The van der Waals surface area contributed by atoms with E-state index in [1.165, 1.54) is 4.90 Å². The number of piperidine rings is 1. The SMILES string of the molecule is COc1ccccc1-c1ccc(C=CC2C3C(=O)N(C)C(=O)C3C3CCCCN23)nc1. The number of carbonyl (C=O) groups is 2. The lowest BCUT2D eigenvalue weighted by atomic mass is 9.87. The highest BCUT2D eigenvalue weighted by atomic mass is 16.5. The molecule has 1 aromatic carbocycles. The van der Waals surface area contributed by atoms with Gasteiger partial charge in [-0.15, -0.1) is 0 Å². The van der Waals surface area contributed by atoms with E-state index in [4.69, 9.17) is 4.74 Å². The van der Waals surface area contributed by atoms with E-state index in [2.05, 4.69) is 16.0 Å². The van der Waals surface area contributed by atoms with E-state index in [0.717, 1.165) is 48.4 Å². The number of rotatable bonds is 4. The number of fused-ring (bicyclic) bond motifs is 3. The zero-order chi connectivity index (χ0) is 21.5. The average Bonchev–Trinajstić information content (AvgIpc) is 3.26. The summed E-state index contributed by atoms with van der Waals surface area (Å²) in [6.07, 6.45) is 9.14. The Labute approximate surface area is 182 Å². The molecule has 5 rings (SSSR count). The van der Waals surface area contributed by atoms with E-state index in [9.17, 15) is 9.59 Å². The van der Waals surface area contributed by atoms with E-state index in [0.29, 0.717) is 0 Å². The van der Waals surface area contributed by atoms with Crippen LogP contribution in [0.3, 0.4) is 0 Å². The van der Waals surface area contributed by atoms with Gasteiger partial charge >= 0.3 is 0 Å². The number of ether oxygens (including phenoxy) is 1. The smallest absolute Gasteiger partial charge is 0.234 e. The number of para-hydroxylation sites is 1. The first kappa shape index (κ1) is 19.9. The molecule has 0 saturated carbocycles. The molecule has 31 heavy (non-hydrogen) atoms. The minimum atomic E-state index is -0.273. The standard InChI is InChI=1S/C25H27N3O3/c1-27-24(29)22-19-8-5-6-14-28(19)20(23(22)25(27)30)13-12-17-11-10-16(15-26-17)18-7-3-4-9-21(18)31-2/h3-4,7,9-13,15,19-20,22-23H,5-6,8,14H2,1-2H3. The maximum Gasteiger partial charge on any atom is 0.234 e. The fraction of sp³-hybridized carbons (Fsp3) is 0.400. The van der Waals surface area contributed by atoms with Crippen LogP contribution in [0.4, 0.5) is 0 Å². The summed E-state index contributed by atoms with van der Waals surface area (Å²) in [6.45, 7) is 0.942. The van der Waals surface area contributed by atoms with Crippen LogP contribution in [0.5, 0.6) is 5.75 Å². The third kappa shape index (κ3) is 3.26. The highest BCUT2D eigenvalue weighted by Gasteiger charge is 2.60. The van der Waals surface area contributed by atoms with E-state index < -0.39 is 0 Å². The van der Waals surface area contributed by atoms with Gasteiger partial charge < -0.3 is 4.74 Å². The number of carbonyl (C=O) groups excluding carboxylic acids is 2. The molecule has 0 N–H and O–H groups in total. The van der Waals surface area contributed by atoms with E-state index in [1.54, 1.807) is 14.2 Å². The molecule has 0 bridgehead atoms. The lowest BCUT2D eigenvalue weighted by molar-refractivity contribution is -0.139. The summed E-state index contributed by atoms with van der Waals surface area (Å²) >= 11 is 0. The number of benzene rings is 1. The molecule has 3 aliphatic rings. The van der Waals surface area contributed by atoms with Crippen molar-refractivity contribution in [3.05, 3.63) is 54.4 Å². The van der Waals surface area contributed by atoms with Crippen molar-refractivity contribution in [2.45, 2.75) is 31.3 Å². The third-order valence-electron chi connectivity index (χ3n) is 7.04. The molecule has 6 nitrogen and oxygen atoms in total. The van der Waals surface area contributed by atoms with Crippen molar-refractivity contribution in [3.63, 3.8) is 0 Å². The Morgan fingerprint density at radius 3 is 2.65 bits per heavy atom. The molecular weight excluding hydrogens is 390 g/mol. The number of likely N-dealkylation sites (tertiary alicyclic amines) is 1. The molecule has 6 heteroatoms. The van der Waals surface area contributed by atoms with Gasteiger partial charge in [-0.1, -0.05) is 36.8 Å². The molecule has 0 spiro atoms. The Morgan fingerprint density at radius 2 is 1.87 bits per heavy atom. The van der Waals surface area contributed by atoms with Crippen LogP contribution in [0.1, 0.15) is 25.0 Å². The van der Waals surface area contributed by atoms with Crippen LogP contribution in [-0.4, -0.2) is 59.4 Å². The molecule has 3 fully saturated rings. The van der Waals surface area contributed by atoms with Crippen LogP contribution < -0.4 is 4.74 Å². The van der Waals surface area contributed by atoms with Gasteiger partial charge in [0.1, 0.15) is 5.75 Å². The van der Waals surface area contributed by atoms with Gasteiger partial charge in [-0.2, -0.15) is 0 Å². The zero-order valence-corrected chi connectivity index (χ0v) is 17.9. The highest BCUT2D eigenvalue weighted by Crippen LogP contribution is 2.46. The van der Waals surface area contributed by atoms with Gasteiger partial charge in [-0.05, 0) is 37.6 Å². The van der Waals surface area contributed by atoms with Crippen LogP contribution >= 0.6 is 0 Å². The normalized spacial score (nSPS) is 28.3. The molecule has 3 aliphatic heterocycles. The quantitative estimate of drug-likeness (QED) is 0.715. The molecule has 3 saturated heterocycles. The van der Waals surface area contributed by atoms with Crippen LogP contribution in [0, 0.1) is 11.8 Å². The Hall–Kier alpha value is -2.99. The molecule has 2 aromatic rings. The first-order valence-electron chi connectivity index (χ1n) is 10.9. The molecule has 0 aliphatic carbocycles. The van der Waals surface area contributed by atoms with Crippen molar-refractivity contribution in [1.82, 2.24) is 14.8 Å². The summed E-state index contributed by atoms with van der Waals surface area (Å²) in [6, 6.07) is 12.0. The molecule has 4 unspecified atom stereocenters. The largest absolute Gasteiger partial charge is 0.496 e. The molecule has 4 atom stereocenters. The fourth-order valence-electron chi connectivity index (χ4n) is 5.54. The van der Waals surface area contributed by atoms with Crippen molar-refractivity contribution in [1.29, 1.82) is 0 Å². The number of pyridine rings is 1. The van der Waals surface area contributed by atoms with Crippen LogP contribution in [0.15, 0.2) is 48.7 Å². The maximum atomic E-state index is 12.8. The molecular formula is C25H27N3O3. The van der Waals surface area contributed by atoms with Crippen molar-refractivity contribution in [2.24, 2.45) is 11.8 Å². The Morgan fingerprint density at radius 1 is 1.06 bits per heavy atom. The lowest BCUT2D eigenvalue weighted by Crippen LogP contribution is -2.45. The summed E-state index contributed by atoms with van der Waals surface area (Å²) in [4.78, 5) is 33.9. The minimum Gasteiger partial charge on any atom is -0.496 e. The number of amides is 2. The van der Waals surface area contributed by atoms with E-state index in [1.807, 2.05) is 48.7 Å². The minimum absolute atomic E-state index is 0.0120. The number of aromatic nitrogens is 1. The second-order valence-corrected chi connectivity index (χ2v) is 8.61. The average molecular weight is 418 g/mol. The second kappa shape index (κ2) is 7.93. The number of imide groups is 1. The second-order valence-electron chi connectivity index (χ2n) is 8.61. The maximum absolute atomic E-state index is 12.8. The number of methoxy groups -OCH3 is 1. The van der Waals surface area contributed by atoms with Crippen molar-refractivity contribution >= 4 is 17.9 Å². The van der Waals surface area contributed by atoms with E-state index in [-0.39, 0.29) is 35.7 Å². The molecule has 0 radical (unpaired) electrons. The molecule has 1 aromatic heterocycles. The van der Waals surface area contributed by atoms with Gasteiger partial charge in [0, 0.05) is 36.5 Å². The first-order chi connectivity index (χ1) is 15.1. The topological polar surface area (TPSA) is 62.7 Å². The van der Waals surface area contributed by atoms with Crippen LogP contribution in [-0.2, 0) is 9.59 Å². The predicted molar refractivity (Wildman–Crippen MR) is 118 cm³/mol. The Bertz CT molecular complexity index is 1030. The summed E-state index contributed by atoms with van der Waals surface area (Å²) < 4.78 is 5.45. The van der Waals surface area contributed by atoms with Gasteiger partial charge in [0.15, 0.2) is 0 Å². The molecule has 4 heterocycles. The highest BCUT2D eigenvalue weighted by molar-refractivity contribution is 6.06. The third-order valence-corrected chi connectivity index (χ3v) is 7.04. The van der Waals surface area contributed by atoms with Gasteiger partial charge in [-0.25, -0.2) is 0 Å². The van der Waals surface area contributed by atoms with Crippen molar-refractivity contribution in [3.8, 4) is 16.9 Å². The van der Waals surface area contributed by atoms with Crippen molar-refractivity contribution < 1.29 is 14.3 Å². The van der Waals surface area contributed by atoms with Gasteiger partial charge in [0.2, 0.25) is 11.8 Å². The van der Waals surface area contributed by atoms with Crippen LogP contribution in [0.25, 0.3) is 17.2 Å². The number of nitrogens with zero attached hydrogens (tertiary/aromatic N) is 3. The van der Waals surface area contributed by atoms with E-state index >= 15 is 0 Å². The van der Waals surface area contributed by atoms with Gasteiger partial charge in [-0.3, -0.25) is 24.4 Å². The predicted octanol–water partition coefficient (Wildman–Crippen LogP) is 3.24. The molecule has 160 valence electrons. The number of hydrogen-bond donors (Lipinski definition) is 0. The summed E-state index contributed by atoms with van der Waals surface area (Å²) in [5, 5.41) is 0. The lowest BCUT2D eigenvalue weighted by Gasteiger charge is -2.35. The summed E-state index contributed by atoms with van der Waals surface area (Å²) in [7, 11) is 3.29. The summed E-state index contributed by atoms with van der Waals surface area (Å²) in [5.74, 6) is 0.285. The fourth-order valence-corrected chi connectivity index (χ4v) is 5.54. The summed E-state index contributed by atoms with van der Waals surface area (Å²) in [5.41, 5.74) is 2.83. The van der Waals surface area contributed by atoms with Gasteiger partial charge in [0.05, 0.1) is 24.6 Å².